The van der Waals surface area contributed by atoms with Crippen molar-refractivity contribution < 1.29 is 14.7 Å². The Labute approximate surface area is 116 Å². The number of carbonyl (C=O) groups is 2. The Hall–Kier alpha value is -2.11. The van der Waals surface area contributed by atoms with Crippen LogP contribution in [0.2, 0.25) is 0 Å². The van der Waals surface area contributed by atoms with Crippen LogP contribution in [0.1, 0.15) is 29.8 Å². The third-order valence-corrected chi connectivity index (χ3v) is 4.66. The number of hydrogen-bond acceptors (Lipinski definition) is 4. The Morgan fingerprint density at radius 3 is 2.95 bits per heavy atom. The molecule has 0 unspecified atom stereocenters. The first-order valence-corrected chi connectivity index (χ1v) is 6.77. The first-order valence-electron chi connectivity index (χ1n) is 6.77. The van der Waals surface area contributed by atoms with E-state index in [-0.39, 0.29) is 11.6 Å². The summed E-state index contributed by atoms with van der Waals surface area (Å²) >= 11 is 0. The van der Waals surface area contributed by atoms with Crippen LogP contribution < -0.4 is 10.6 Å². The van der Waals surface area contributed by atoms with Crippen molar-refractivity contribution in [1.82, 2.24) is 4.98 Å². The number of aliphatic carboxylic acids is 1. The summed E-state index contributed by atoms with van der Waals surface area (Å²) in [4.78, 5) is 28.8. The molecule has 6 heteroatoms. The highest BCUT2D eigenvalue weighted by molar-refractivity contribution is 5.91. The van der Waals surface area contributed by atoms with Crippen molar-refractivity contribution in [3.8, 4) is 0 Å². The predicted molar refractivity (Wildman–Crippen MR) is 72.4 cm³/mol. The summed E-state index contributed by atoms with van der Waals surface area (Å²) in [6.07, 6.45) is 4.21. The molecular formula is C14H17N3O3. The van der Waals surface area contributed by atoms with Gasteiger partial charge in [0.05, 0.1) is 5.41 Å². The van der Waals surface area contributed by atoms with Gasteiger partial charge in [0.25, 0.3) is 5.91 Å². The van der Waals surface area contributed by atoms with Gasteiger partial charge in [-0.2, -0.15) is 0 Å². The number of anilines is 1. The lowest BCUT2D eigenvalue weighted by Crippen LogP contribution is -2.35. The molecule has 0 spiro atoms. The number of pyridine rings is 1. The van der Waals surface area contributed by atoms with Crippen LogP contribution in [0.25, 0.3) is 0 Å². The average molecular weight is 275 g/mol. The highest BCUT2D eigenvalue weighted by atomic mass is 16.4. The SMILES string of the molecule is NC(=O)c1cc(N2C[C@@H]3CCC[C@@]3(C(=O)O)C2)ccn1. The van der Waals surface area contributed by atoms with Crippen LogP contribution in [0.3, 0.4) is 0 Å². The lowest BCUT2D eigenvalue weighted by atomic mass is 9.81. The van der Waals surface area contributed by atoms with E-state index in [2.05, 4.69) is 4.98 Å². The number of amides is 1. The quantitative estimate of drug-likeness (QED) is 0.853. The Morgan fingerprint density at radius 1 is 1.50 bits per heavy atom. The van der Waals surface area contributed by atoms with E-state index in [9.17, 15) is 14.7 Å². The van der Waals surface area contributed by atoms with E-state index in [0.29, 0.717) is 13.1 Å². The van der Waals surface area contributed by atoms with E-state index in [4.69, 9.17) is 5.73 Å². The molecule has 1 amide bonds. The third-order valence-electron chi connectivity index (χ3n) is 4.66. The first kappa shape index (κ1) is 12.9. The number of primary amides is 1. The van der Waals surface area contributed by atoms with Crippen LogP contribution in [0.5, 0.6) is 0 Å². The van der Waals surface area contributed by atoms with E-state index < -0.39 is 17.3 Å². The third kappa shape index (κ3) is 1.83. The monoisotopic (exact) mass is 275 g/mol. The summed E-state index contributed by atoms with van der Waals surface area (Å²) in [5.74, 6) is -1.09. The zero-order valence-corrected chi connectivity index (χ0v) is 11.1. The molecule has 0 aromatic carbocycles. The molecule has 2 aliphatic rings. The molecule has 0 radical (unpaired) electrons. The molecule has 3 rings (SSSR count). The molecule has 1 aliphatic heterocycles. The number of carbonyl (C=O) groups excluding carboxylic acids is 1. The summed E-state index contributed by atoms with van der Waals surface area (Å²) in [5, 5.41) is 9.57. The number of fused-ring (bicyclic) bond motifs is 1. The van der Waals surface area contributed by atoms with Crippen molar-refractivity contribution in [3.63, 3.8) is 0 Å². The van der Waals surface area contributed by atoms with Crippen molar-refractivity contribution in [1.29, 1.82) is 0 Å². The van der Waals surface area contributed by atoms with Gasteiger partial charge in [0.15, 0.2) is 0 Å². The molecule has 106 valence electrons. The van der Waals surface area contributed by atoms with Gasteiger partial charge in [0, 0.05) is 25.0 Å². The van der Waals surface area contributed by atoms with Gasteiger partial charge in [-0.3, -0.25) is 14.6 Å². The van der Waals surface area contributed by atoms with Gasteiger partial charge in [0.2, 0.25) is 0 Å². The van der Waals surface area contributed by atoms with Gasteiger partial charge in [-0.25, -0.2) is 0 Å². The molecule has 20 heavy (non-hydrogen) atoms. The zero-order chi connectivity index (χ0) is 14.3. The number of nitrogens with zero attached hydrogens (tertiary/aromatic N) is 2. The number of hydrogen-bond donors (Lipinski definition) is 2. The maximum absolute atomic E-state index is 11.6. The van der Waals surface area contributed by atoms with Crippen molar-refractivity contribution in [2.24, 2.45) is 17.1 Å². The minimum absolute atomic E-state index is 0.185. The summed E-state index contributed by atoms with van der Waals surface area (Å²) in [6, 6.07) is 3.43. The van der Waals surface area contributed by atoms with Crippen LogP contribution in [0.4, 0.5) is 5.69 Å². The second-order valence-corrected chi connectivity index (χ2v) is 5.69. The zero-order valence-electron chi connectivity index (χ0n) is 11.1. The van der Waals surface area contributed by atoms with E-state index in [1.807, 2.05) is 4.90 Å². The Morgan fingerprint density at radius 2 is 2.30 bits per heavy atom. The fourth-order valence-corrected chi connectivity index (χ4v) is 3.59. The molecule has 6 nitrogen and oxygen atoms in total. The van der Waals surface area contributed by atoms with Crippen LogP contribution in [-0.2, 0) is 4.79 Å². The second-order valence-electron chi connectivity index (χ2n) is 5.69. The smallest absolute Gasteiger partial charge is 0.311 e. The van der Waals surface area contributed by atoms with Gasteiger partial charge in [-0.15, -0.1) is 0 Å². The molecule has 2 atom stereocenters. The second kappa shape index (κ2) is 4.47. The van der Waals surface area contributed by atoms with Crippen molar-refractivity contribution in [2.45, 2.75) is 19.3 Å². The molecule has 1 saturated heterocycles. The minimum Gasteiger partial charge on any atom is -0.481 e. The molecule has 1 aromatic heterocycles. The van der Waals surface area contributed by atoms with Gasteiger partial charge >= 0.3 is 5.97 Å². The lowest BCUT2D eigenvalue weighted by Gasteiger charge is -2.24. The van der Waals surface area contributed by atoms with Crippen LogP contribution >= 0.6 is 0 Å². The van der Waals surface area contributed by atoms with Crippen LogP contribution in [-0.4, -0.2) is 35.1 Å². The van der Waals surface area contributed by atoms with E-state index in [0.717, 1.165) is 24.9 Å². The Bertz CT molecular complexity index is 575. The maximum atomic E-state index is 11.6. The highest BCUT2D eigenvalue weighted by Gasteiger charge is 2.54. The molecule has 0 bridgehead atoms. The normalized spacial score (nSPS) is 28.4. The molecule has 1 aliphatic carbocycles. The number of aromatic nitrogens is 1. The molecule has 2 fully saturated rings. The van der Waals surface area contributed by atoms with E-state index in [1.165, 1.54) is 6.20 Å². The van der Waals surface area contributed by atoms with Crippen molar-refractivity contribution in [2.75, 3.05) is 18.0 Å². The topological polar surface area (TPSA) is 96.5 Å². The molecule has 3 N–H and O–H groups in total. The Balaban J connectivity index is 1.89. The molecular weight excluding hydrogens is 258 g/mol. The minimum atomic E-state index is -0.702. The number of carboxylic acid groups (broad SMARTS) is 1. The van der Waals surface area contributed by atoms with E-state index in [1.54, 1.807) is 12.1 Å². The molecule has 1 saturated carbocycles. The predicted octanol–water partition coefficient (Wildman–Crippen LogP) is 0.872. The van der Waals surface area contributed by atoms with Gasteiger partial charge in [-0.05, 0) is 30.9 Å². The lowest BCUT2D eigenvalue weighted by molar-refractivity contribution is -0.149. The van der Waals surface area contributed by atoms with Crippen LogP contribution in [0, 0.1) is 11.3 Å². The number of rotatable bonds is 3. The largest absolute Gasteiger partial charge is 0.481 e. The summed E-state index contributed by atoms with van der Waals surface area (Å²) in [6.45, 7) is 1.21. The highest BCUT2D eigenvalue weighted by Crippen LogP contribution is 2.49. The summed E-state index contributed by atoms with van der Waals surface area (Å²) < 4.78 is 0. The summed E-state index contributed by atoms with van der Waals surface area (Å²) in [7, 11) is 0. The molecule has 1 aromatic rings. The number of carboxylic acids is 1. The standard InChI is InChI=1S/C14H17N3O3/c15-12(18)11-6-10(3-5-16-11)17-7-9-2-1-4-14(9,8-17)13(19)20/h3,5-6,9H,1-2,4,7-8H2,(H2,15,18)(H,19,20)/t9-,14+/m0/s1. The van der Waals surface area contributed by atoms with E-state index >= 15 is 0 Å². The van der Waals surface area contributed by atoms with Crippen molar-refractivity contribution >= 4 is 17.6 Å². The summed E-state index contributed by atoms with van der Waals surface area (Å²) in [5.41, 5.74) is 5.64. The first-order chi connectivity index (χ1) is 9.53. The number of nitrogens with two attached hydrogens (primary N) is 1. The molecule has 2 heterocycles. The van der Waals surface area contributed by atoms with Crippen LogP contribution in [0.15, 0.2) is 18.3 Å². The van der Waals surface area contributed by atoms with Gasteiger partial charge in [0.1, 0.15) is 5.69 Å². The van der Waals surface area contributed by atoms with Gasteiger partial charge in [-0.1, -0.05) is 6.42 Å². The fraction of sp³-hybridized carbons (Fsp3) is 0.500. The average Bonchev–Trinajstić information content (AvgIpc) is 2.96. The Kier molecular flexibility index (Phi) is 2.88. The maximum Gasteiger partial charge on any atom is 0.311 e. The van der Waals surface area contributed by atoms with Gasteiger partial charge < -0.3 is 15.7 Å². The van der Waals surface area contributed by atoms with Crippen molar-refractivity contribution in [3.05, 3.63) is 24.0 Å². The fourth-order valence-electron chi connectivity index (χ4n) is 3.59.